The quantitative estimate of drug-likeness (QED) is 0.850. The minimum atomic E-state index is -0.193. The monoisotopic (exact) mass is 266 g/mol. The minimum Gasteiger partial charge on any atom is -0.267 e. The summed E-state index contributed by atoms with van der Waals surface area (Å²) in [6, 6.07) is 0. The largest absolute Gasteiger partial charge is 0.277 e. The SMILES string of the molecule is Cc1c(C)n2c(CSC(C)C)c(C)c(=O)n2c1=O. The van der Waals surface area contributed by atoms with Gasteiger partial charge in [-0.2, -0.15) is 16.3 Å². The zero-order valence-corrected chi connectivity index (χ0v) is 12.2. The second kappa shape index (κ2) is 4.46. The zero-order chi connectivity index (χ0) is 13.6. The van der Waals surface area contributed by atoms with Crippen molar-refractivity contribution in [2.24, 2.45) is 0 Å². The van der Waals surface area contributed by atoms with Crippen molar-refractivity contribution in [1.82, 2.24) is 9.03 Å². The third kappa shape index (κ3) is 1.77. The molecule has 2 aromatic rings. The highest BCUT2D eigenvalue weighted by Crippen LogP contribution is 2.19. The first-order chi connectivity index (χ1) is 8.36. The minimum absolute atomic E-state index is 0.185. The molecule has 0 aromatic carbocycles. The topological polar surface area (TPSA) is 43.0 Å². The average molecular weight is 266 g/mol. The van der Waals surface area contributed by atoms with Gasteiger partial charge in [-0.3, -0.25) is 14.1 Å². The first-order valence-corrected chi connectivity index (χ1v) is 7.08. The predicted molar refractivity (Wildman–Crippen MR) is 75.2 cm³/mol. The predicted octanol–water partition coefficient (Wildman–Crippen LogP) is 1.76. The van der Waals surface area contributed by atoms with Crippen molar-refractivity contribution >= 4 is 11.8 Å². The average Bonchev–Trinajstić information content (AvgIpc) is 2.68. The van der Waals surface area contributed by atoms with Gasteiger partial charge in [0.05, 0.1) is 5.69 Å². The lowest BCUT2D eigenvalue weighted by molar-refractivity contribution is 0.765. The molecule has 0 saturated heterocycles. The zero-order valence-electron chi connectivity index (χ0n) is 11.4. The lowest BCUT2D eigenvalue weighted by Crippen LogP contribution is -2.23. The molecule has 2 rings (SSSR count). The van der Waals surface area contributed by atoms with Crippen molar-refractivity contribution in [2.75, 3.05) is 0 Å². The van der Waals surface area contributed by atoms with Crippen LogP contribution in [0.1, 0.15) is 36.4 Å². The van der Waals surface area contributed by atoms with Crippen LogP contribution >= 0.6 is 11.8 Å². The summed E-state index contributed by atoms with van der Waals surface area (Å²) in [5, 5.41) is 0.498. The molecule has 0 radical (unpaired) electrons. The van der Waals surface area contributed by atoms with Crippen LogP contribution in [0.4, 0.5) is 0 Å². The molecule has 0 fully saturated rings. The van der Waals surface area contributed by atoms with Gasteiger partial charge >= 0.3 is 0 Å². The number of hydrogen-bond acceptors (Lipinski definition) is 3. The Labute approximate surface area is 110 Å². The number of nitrogens with zero attached hydrogens (tertiary/aromatic N) is 2. The highest BCUT2D eigenvalue weighted by Gasteiger charge is 2.20. The van der Waals surface area contributed by atoms with Gasteiger partial charge in [0, 0.05) is 22.6 Å². The molecular weight excluding hydrogens is 248 g/mol. The van der Waals surface area contributed by atoms with E-state index in [2.05, 4.69) is 13.8 Å². The van der Waals surface area contributed by atoms with E-state index in [1.807, 2.05) is 6.92 Å². The van der Waals surface area contributed by atoms with Gasteiger partial charge in [-0.15, -0.1) is 0 Å². The molecule has 2 heterocycles. The van der Waals surface area contributed by atoms with Crippen molar-refractivity contribution in [3.05, 3.63) is 43.2 Å². The van der Waals surface area contributed by atoms with E-state index in [0.717, 1.165) is 17.1 Å². The van der Waals surface area contributed by atoms with Gasteiger partial charge in [-0.1, -0.05) is 13.8 Å². The van der Waals surface area contributed by atoms with Crippen molar-refractivity contribution in [2.45, 2.75) is 45.6 Å². The Hall–Kier alpha value is -1.23. The number of aryl methyl sites for hydroxylation is 1. The second-order valence-electron chi connectivity index (χ2n) is 4.88. The van der Waals surface area contributed by atoms with E-state index in [1.54, 1.807) is 30.1 Å². The number of fused-ring (bicyclic) bond motifs is 1. The molecule has 0 aliphatic rings. The van der Waals surface area contributed by atoms with E-state index >= 15 is 0 Å². The second-order valence-corrected chi connectivity index (χ2v) is 6.44. The van der Waals surface area contributed by atoms with E-state index in [9.17, 15) is 9.59 Å². The summed E-state index contributed by atoms with van der Waals surface area (Å²) >= 11 is 1.78. The van der Waals surface area contributed by atoms with Gasteiger partial charge in [-0.05, 0) is 26.0 Å². The maximum absolute atomic E-state index is 12.1. The van der Waals surface area contributed by atoms with Gasteiger partial charge in [-0.25, -0.2) is 0 Å². The van der Waals surface area contributed by atoms with Crippen molar-refractivity contribution in [1.29, 1.82) is 0 Å². The van der Waals surface area contributed by atoms with Crippen LogP contribution in [0.2, 0.25) is 0 Å². The lowest BCUT2D eigenvalue weighted by Gasteiger charge is -2.06. The summed E-state index contributed by atoms with van der Waals surface area (Å²) in [5.41, 5.74) is 2.77. The highest BCUT2D eigenvalue weighted by molar-refractivity contribution is 7.99. The third-order valence-corrected chi connectivity index (χ3v) is 4.44. The summed E-state index contributed by atoms with van der Waals surface area (Å²) in [7, 11) is 0. The Bertz CT molecular complexity index is 697. The van der Waals surface area contributed by atoms with Crippen LogP contribution in [0.25, 0.3) is 0 Å². The summed E-state index contributed by atoms with van der Waals surface area (Å²) in [6.07, 6.45) is 0. The maximum atomic E-state index is 12.1. The standard InChI is InChI=1S/C13H18N2O2S/c1-7(2)18-6-11-9(4)13(17)15-12(16)8(3)10(5)14(11)15/h7H,6H2,1-5H3. The highest BCUT2D eigenvalue weighted by atomic mass is 32.2. The summed E-state index contributed by atoms with van der Waals surface area (Å²) in [4.78, 5) is 24.1. The lowest BCUT2D eigenvalue weighted by atomic mass is 10.2. The number of thioether (sulfide) groups is 1. The fourth-order valence-corrected chi connectivity index (χ4v) is 2.91. The molecule has 0 aliphatic heterocycles. The van der Waals surface area contributed by atoms with E-state index in [0.29, 0.717) is 16.4 Å². The molecule has 5 heteroatoms. The fourth-order valence-electron chi connectivity index (χ4n) is 2.08. The van der Waals surface area contributed by atoms with Gasteiger partial charge < -0.3 is 0 Å². The summed E-state index contributed by atoms with van der Waals surface area (Å²) < 4.78 is 3.04. The molecule has 0 N–H and O–H groups in total. The first-order valence-electron chi connectivity index (χ1n) is 6.04. The summed E-state index contributed by atoms with van der Waals surface area (Å²) in [6.45, 7) is 9.70. The molecule has 4 nitrogen and oxygen atoms in total. The molecule has 0 saturated carbocycles. The van der Waals surface area contributed by atoms with E-state index in [1.165, 1.54) is 4.52 Å². The van der Waals surface area contributed by atoms with Crippen LogP contribution in [-0.4, -0.2) is 14.3 Å². The molecule has 0 unspecified atom stereocenters. The van der Waals surface area contributed by atoms with Crippen molar-refractivity contribution < 1.29 is 0 Å². The molecule has 0 bridgehead atoms. The van der Waals surface area contributed by atoms with E-state index < -0.39 is 0 Å². The van der Waals surface area contributed by atoms with Crippen molar-refractivity contribution in [3.63, 3.8) is 0 Å². The fraction of sp³-hybridized carbons (Fsp3) is 0.538. The Kier molecular flexibility index (Phi) is 3.27. The Morgan fingerprint density at radius 1 is 1.00 bits per heavy atom. The van der Waals surface area contributed by atoms with Crippen molar-refractivity contribution in [3.8, 4) is 0 Å². The van der Waals surface area contributed by atoms with Crippen LogP contribution in [0.15, 0.2) is 9.59 Å². The van der Waals surface area contributed by atoms with Gasteiger partial charge in [0.2, 0.25) is 0 Å². The van der Waals surface area contributed by atoms with Gasteiger partial charge in [0.25, 0.3) is 11.1 Å². The molecule has 2 aromatic heterocycles. The maximum Gasteiger partial charge on any atom is 0.277 e. The van der Waals surface area contributed by atoms with Crippen LogP contribution in [-0.2, 0) is 5.75 Å². The Balaban J connectivity index is 2.73. The summed E-state index contributed by atoms with van der Waals surface area (Å²) in [5.74, 6) is 0.754. The van der Waals surface area contributed by atoms with Crippen LogP contribution in [0.3, 0.4) is 0 Å². The molecule has 0 aliphatic carbocycles. The normalized spacial score (nSPS) is 11.9. The van der Waals surface area contributed by atoms with E-state index in [4.69, 9.17) is 0 Å². The number of rotatable bonds is 3. The molecule has 98 valence electrons. The Morgan fingerprint density at radius 2 is 1.56 bits per heavy atom. The number of aromatic nitrogens is 2. The van der Waals surface area contributed by atoms with Crippen LogP contribution in [0, 0.1) is 20.8 Å². The third-order valence-electron chi connectivity index (χ3n) is 3.33. The first kappa shape index (κ1) is 13.2. The molecular formula is C13H18N2O2S. The molecule has 0 atom stereocenters. The van der Waals surface area contributed by atoms with E-state index in [-0.39, 0.29) is 11.1 Å². The molecule has 0 amide bonds. The van der Waals surface area contributed by atoms with Crippen LogP contribution < -0.4 is 11.1 Å². The molecule has 18 heavy (non-hydrogen) atoms. The van der Waals surface area contributed by atoms with Gasteiger partial charge in [0.1, 0.15) is 0 Å². The number of hydrogen-bond donors (Lipinski definition) is 0. The smallest absolute Gasteiger partial charge is 0.267 e. The van der Waals surface area contributed by atoms with Crippen LogP contribution in [0.5, 0.6) is 0 Å². The molecule has 0 spiro atoms. The Morgan fingerprint density at radius 3 is 2.11 bits per heavy atom. The van der Waals surface area contributed by atoms with Gasteiger partial charge in [0.15, 0.2) is 0 Å².